The van der Waals surface area contributed by atoms with Crippen molar-refractivity contribution in [3.05, 3.63) is 35.4 Å². The molecule has 1 fully saturated rings. The monoisotopic (exact) mass is 271 g/mol. The molecule has 4 nitrogen and oxygen atoms in total. The van der Waals surface area contributed by atoms with E-state index < -0.39 is 0 Å². The lowest BCUT2D eigenvalue weighted by molar-refractivity contribution is -0.120. The Bertz CT molecular complexity index is 513. The van der Waals surface area contributed by atoms with Crippen molar-refractivity contribution in [3.63, 3.8) is 0 Å². The van der Waals surface area contributed by atoms with Crippen LogP contribution in [0, 0.1) is 18.3 Å². The van der Waals surface area contributed by atoms with Gasteiger partial charge in [0.15, 0.2) is 0 Å². The topological polar surface area (TPSA) is 64.9 Å². The number of benzene rings is 1. The standard InChI is InChI=1S/C16H21N3O/c1-13-5-4-6-14(11-13)16(7-2-3-8-16)19-12-15(20)18-10-9-17/h4-6,11,19H,2-3,7-8,10,12H2,1H3,(H,18,20). The van der Waals surface area contributed by atoms with Gasteiger partial charge in [0.1, 0.15) is 6.54 Å². The van der Waals surface area contributed by atoms with Crippen molar-refractivity contribution < 1.29 is 4.79 Å². The van der Waals surface area contributed by atoms with Gasteiger partial charge in [0.05, 0.1) is 12.6 Å². The van der Waals surface area contributed by atoms with Gasteiger partial charge in [0.25, 0.3) is 0 Å². The molecule has 0 aliphatic heterocycles. The Morgan fingerprint density at radius 1 is 1.40 bits per heavy atom. The second-order valence-electron chi connectivity index (χ2n) is 5.45. The minimum Gasteiger partial charge on any atom is -0.342 e. The molecule has 1 aromatic rings. The maximum Gasteiger partial charge on any atom is 0.234 e. The maximum atomic E-state index is 11.7. The fraction of sp³-hybridized carbons (Fsp3) is 0.500. The zero-order valence-electron chi connectivity index (χ0n) is 11.9. The lowest BCUT2D eigenvalue weighted by atomic mass is 9.87. The molecule has 0 bridgehead atoms. The lowest BCUT2D eigenvalue weighted by Gasteiger charge is -2.31. The summed E-state index contributed by atoms with van der Waals surface area (Å²) >= 11 is 0. The van der Waals surface area contributed by atoms with Crippen LogP contribution in [0.2, 0.25) is 0 Å². The predicted molar refractivity (Wildman–Crippen MR) is 78.0 cm³/mol. The zero-order chi connectivity index (χ0) is 14.4. The first kappa shape index (κ1) is 14.5. The van der Waals surface area contributed by atoms with Gasteiger partial charge in [-0.2, -0.15) is 5.26 Å². The minimum absolute atomic E-state index is 0.0674. The van der Waals surface area contributed by atoms with E-state index in [-0.39, 0.29) is 24.5 Å². The van der Waals surface area contributed by atoms with Crippen LogP contribution in [-0.2, 0) is 10.3 Å². The Labute approximate surface area is 120 Å². The highest BCUT2D eigenvalue weighted by molar-refractivity contribution is 5.78. The fourth-order valence-corrected chi connectivity index (χ4v) is 2.94. The number of rotatable bonds is 5. The van der Waals surface area contributed by atoms with Crippen molar-refractivity contribution in [3.8, 4) is 6.07 Å². The molecule has 0 atom stereocenters. The minimum atomic E-state index is -0.120. The van der Waals surface area contributed by atoms with E-state index in [0.29, 0.717) is 0 Å². The van der Waals surface area contributed by atoms with E-state index in [1.807, 2.05) is 6.07 Å². The molecule has 106 valence electrons. The number of nitriles is 1. The Hall–Kier alpha value is -1.86. The van der Waals surface area contributed by atoms with E-state index in [0.717, 1.165) is 12.8 Å². The van der Waals surface area contributed by atoms with Crippen LogP contribution in [0.15, 0.2) is 24.3 Å². The van der Waals surface area contributed by atoms with E-state index in [2.05, 4.69) is 41.8 Å². The average molecular weight is 271 g/mol. The van der Waals surface area contributed by atoms with Crippen molar-refractivity contribution >= 4 is 5.91 Å². The average Bonchev–Trinajstić information content (AvgIpc) is 2.93. The number of amides is 1. The van der Waals surface area contributed by atoms with E-state index in [1.165, 1.54) is 24.0 Å². The molecular formula is C16H21N3O. The number of carbonyl (C=O) groups is 1. The molecular weight excluding hydrogens is 250 g/mol. The molecule has 1 aliphatic rings. The largest absolute Gasteiger partial charge is 0.342 e. The van der Waals surface area contributed by atoms with Crippen LogP contribution in [0.25, 0.3) is 0 Å². The van der Waals surface area contributed by atoms with Crippen molar-refractivity contribution in [1.29, 1.82) is 5.26 Å². The predicted octanol–water partition coefficient (Wildman–Crippen LogP) is 1.99. The number of hydrogen-bond donors (Lipinski definition) is 2. The van der Waals surface area contributed by atoms with Gasteiger partial charge in [-0.3, -0.25) is 10.1 Å². The number of carbonyl (C=O) groups excluding carboxylic acids is 1. The van der Waals surface area contributed by atoms with E-state index in [4.69, 9.17) is 5.26 Å². The first-order chi connectivity index (χ1) is 9.66. The van der Waals surface area contributed by atoms with Crippen LogP contribution in [0.3, 0.4) is 0 Å². The summed E-state index contributed by atoms with van der Waals surface area (Å²) < 4.78 is 0. The third-order valence-electron chi connectivity index (χ3n) is 3.98. The lowest BCUT2D eigenvalue weighted by Crippen LogP contribution is -2.45. The number of nitrogens with zero attached hydrogens (tertiary/aromatic N) is 1. The van der Waals surface area contributed by atoms with Gasteiger partial charge in [-0.15, -0.1) is 0 Å². The molecule has 2 rings (SSSR count). The van der Waals surface area contributed by atoms with Crippen molar-refractivity contribution in [2.24, 2.45) is 0 Å². The Morgan fingerprint density at radius 3 is 2.80 bits per heavy atom. The first-order valence-corrected chi connectivity index (χ1v) is 7.12. The molecule has 20 heavy (non-hydrogen) atoms. The Balaban J connectivity index is 2.07. The Kier molecular flexibility index (Phi) is 4.75. The van der Waals surface area contributed by atoms with Gasteiger partial charge < -0.3 is 5.32 Å². The van der Waals surface area contributed by atoms with Gasteiger partial charge in [-0.1, -0.05) is 42.7 Å². The molecule has 0 aromatic heterocycles. The highest BCUT2D eigenvalue weighted by Crippen LogP contribution is 2.38. The van der Waals surface area contributed by atoms with E-state index in [1.54, 1.807) is 0 Å². The highest BCUT2D eigenvalue weighted by atomic mass is 16.1. The van der Waals surface area contributed by atoms with Crippen molar-refractivity contribution in [1.82, 2.24) is 10.6 Å². The molecule has 1 saturated carbocycles. The molecule has 4 heteroatoms. The molecule has 0 unspecified atom stereocenters. The van der Waals surface area contributed by atoms with Crippen molar-refractivity contribution in [2.75, 3.05) is 13.1 Å². The molecule has 2 N–H and O–H groups in total. The summed E-state index contributed by atoms with van der Waals surface area (Å²) in [6, 6.07) is 10.4. The molecule has 1 amide bonds. The molecule has 0 heterocycles. The summed E-state index contributed by atoms with van der Waals surface area (Å²) in [5, 5.41) is 14.5. The van der Waals surface area contributed by atoms with Crippen molar-refractivity contribution in [2.45, 2.75) is 38.1 Å². The third-order valence-corrected chi connectivity index (χ3v) is 3.98. The quantitative estimate of drug-likeness (QED) is 0.805. The van der Waals surface area contributed by atoms with Gasteiger partial charge >= 0.3 is 0 Å². The van der Waals surface area contributed by atoms with Gasteiger partial charge in [-0.05, 0) is 25.3 Å². The van der Waals surface area contributed by atoms with Gasteiger partial charge in [-0.25, -0.2) is 0 Å². The molecule has 1 aliphatic carbocycles. The summed E-state index contributed by atoms with van der Waals surface area (Å²) in [6.07, 6.45) is 4.48. The van der Waals surface area contributed by atoms with E-state index >= 15 is 0 Å². The number of aryl methyl sites for hydroxylation is 1. The smallest absolute Gasteiger partial charge is 0.234 e. The third kappa shape index (κ3) is 3.37. The van der Waals surface area contributed by atoms with Crippen LogP contribution >= 0.6 is 0 Å². The molecule has 1 aromatic carbocycles. The van der Waals surface area contributed by atoms with Crippen LogP contribution in [0.5, 0.6) is 0 Å². The summed E-state index contributed by atoms with van der Waals surface area (Å²) in [5.74, 6) is -0.120. The van der Waals surface area contributed by atoms with Crippen LogP contribution in [-0.4, -0.2) is 19.0 Å². The van der Waals surface area contributed by atoms with Crippen LogP contribution < -0.4 is 10.6 Å². The second kappa shape index (κ2) is 6.53. The number of nitrogens with one attached hydrogen (secondary N) is 2. The Morgan fingerprint density at radius 2 is 2.15 bits per heavy atom. The zero-order valence-corrected chi connectivity index (χ0v) is 11.9. The maximum absolute atomic E-state index is 11.7. The van der Waals surface area contributed by atoms with E-state index in [9.17, 15) is 4.79 Å². The second-order valence-corrected chi connectivity index (χ2v) is 5.45. The summed E-state index contributed by atoms with van der Waals surface area (Å²) in [4.78, 5) is 11.7. The summed E-state index contributed by atoms with van der Waals surface area (Å²) in [6.45, 7) is 2.42. The van der Waals surface area contributed by atoms with Gasteiger partial charge in [0, 0.05) is 5.54 Å². The highest BCUT2D eigenvalue weighted by Gasteiger charge is 2.35. The SMILES string of the molecule is Cc1cccc(C2(NCC(=O)NCC#N)CCCC2)c1. The normalized spacial score (nSPS) is 16.6. The summed E-state index contributed by atoms with van der Waals surface area (Å²) in [5.41, 5.74) is 2.42. The molecule has 0 radical (unpaired) electrons. The summed E-state index contributed by atoms with van der Waals surface area (Å²) in [7, 11) is 0. The molecule has 0 saturated heterocycles. The van der Waals surface area contributed by atoms with Crippen LogP contribution in [0.1, 0.15) is 36.8 Å². The first-order valence-electron chi connectivity index (χ1n) is 7.12. The fourth-order valence-electron chi connectivity index (χ4n) is 2.94. The van der Waals surface area contributed by atoms with Gasteiger partial charge in [0.2, 0.25) is 5.91 Å². The molecule has 0 spiro atoms. The number of hydrogen-bond acceptors (Lipinski definition) is 3. The van der Waals surface area contributed by atoms with Crippen LogP contribution in [0.4, 0.5) is 0 Å².